The largest absolute Gasteiger partial charge is 0.506 e. The highest BCUT2D eigenvalue weighted by atomic mass is 19.1. The molecule has 1 aliphatic heterocycles. The van der Waals surface area contributed by atoms with Gasteiger partial charge in [0.2, 0.25) is 0 Å². The van der Waals surface area contributed by atoms with Crippen molar-refractivity contribution in [3.05, 3.63) is 23.8 Å². The van der Waals surface area contributed by atoms with Crippen molar-refractivity contribution < 1.29 is 9.50 Å². The molecule has 2 heterocycles. The lowest BCUT2D eigenvalue weighted by atomic mass is 10.4. The van der Waals surface area contributed by atoms with Gasteiger partial charge in [0, 0.05) is 13.1 Å². The van der Waals surface area contributed by atoms with Gasteiger partial charge in [-0.3, -0.25) is 15.4 Å². The summed E-state index contributed by atoms with van der Waals surface area (Å²) >= 11 is 0. The molecule has 94 valence electrons. The van der Waals surface area contributed by atoms with Gasteiger partial charge >= 0.3 is 0 Å². The standard InChI is InChI=1S/C6H7N3O.C5H10FN/c7-4-9-3-5(10)1-2-6(9)8;1-7-3-2-5(6)4-7/h1-4,7-8,10H;5H,2-4H2,1H3/t;5-/m.1/s1. The molecular formula is C11H17FN4O. The van der Waals surface area contributed by atoms with Crippen LogP contribution in [0.4, 0.5) is 4.39 Å². The Kier molecular flexibility index (Phi) is 4.84. The molecule has 6 heteroatoms. The van der Waals surface area contributed by atoms with Crippen LogP contribution in [0.5, 0.6) is 5.75 Å². The van der Waals surface area contributed by atoms with Crippen molar-refractivity contribution in [1.82, 2.24) is 9.47 Å². The van der Waals surface area contributed by atoms with Crippen molar-refractivity contribution >= 4 is 6.34 Å². The Labute approximate surface area is 99.1 Å². The van der Waals surface area contributed by atoms with E-state index in [0.717, 1.165) is 19.3 Å². The number of halogens is 1. The number of hydrogen-bond donors (Lipinski definition) is 3. The lowest BCUT2D eigenvalue weighted by Gasteiger charge is -2.01. The second-order valence-electron chi connectivity index (χ2n) is 3.96. The first-order valence-electron chi connectivity index (χ1n) is 5.32. The number of alkyl halides is 1. The number of likely N-dealkylation sites (tertiary alicyclic amines) is 1. The molecule has 1 atom stereocenters. The molecule has 1 aromatic rings. The summed E-state index contributed by atoms with van der Waals surface area (Å²) in [5, 5.41) is 22.8. The highest BCUT2D eigenvalue weighted by molar-refractivity contribution is 5.54. The van der Waals surface area contributed by atoms with Gasteiger partial charge in [-0.25, -0.2) is 4.39 Å². The van der Waals surface area contributed by atoms with Crippen molar-refractivity contribution in [1.29, 1.82) is 10.8 Å². The van der Waals surface area contributed by atoms with Crippen LogP contribution in [0.1, 0.15) is 6.42 Å². The van der Waals surface area contributed by atoms with E-state index < -0.39 is 6.17 Å². The normalized spacial score (nSPS) is 19.5. The van der Waals surface area contributed by atoms with Gasteiger partial charge in [0.25, 0.3) is 0 Å². The molecule has 0 aromatic carbocycles. The summed E-state index contributed by atoms with van der Waals surface area (Å²) in [5.41, 5.74) is 0.174. The summed E-state index contributed by atoms with van der Waals surface area (Å²) in [6.07, 6.45) is 2.44. The maximum absolute atomic E-state index is 12.1. The SMILES string of the molecule is CN1CC[C@@H](F)C1.N=Cn1cc(O)ccc1=N. The molecule has 0 saturated carbocycles. The average molecular weight is 240 g/mol. The lowest BCUT2D eigenvalue weighted by Crippen LogP contribution is -2.16. The number of hydrogen-bond acceptors (Lipinski definition) is 4. The minimum atomic E-state index is -0.551. The predicted octanol–water partition coefficient (Wildman–Crippen LogP) is 0.788. The number of nitrogens with zero attached hydrogens (tertiary/aromatic N) is 2. The van der Waals surface area contributed by atoms with E-state index in [-0.39, 0.29) is 11.2 Å². The molecule has 0 radical (unpaired) electrons. The van der Waals surface area contributed by atoms with E-state index in [4.69, 9.17) is 15.9 Å². The van der Waals surface area contributed by atoms with Crippen LogP contribution >= 0.6 is 0 Å². The monoisotopic (exact) mass is 240 g/mol. The molecule has 0 aliphatic carbocycles. The van der Waals surface area contributed by atoms with E-state index in [1.54, 1.807) is 0 Å². The highest BCUT2D eigenvalue weighted by Crippen LogP contribution is 2.08. The summed E-state index contributed by atoms with van der Waals surface area (Å²) < 4.78 is 13.3. The Bertz CT molecular complexity index is 424. The molecule has 2 rings (SSSR count). The van der Waals surface area contributed by atoms with Crippen LogP contribution in [-0.4, -0.2) is 47.2 Å². The first-order valence-corrected chi connectivity index (χ1v) is 5.32. The Hall–Kier alpha value is -1.69. The van der Waals surface area contributed by atoms with E-state index >= 15 is 0 Å². The zero-order valence-electron chi connectivity index (χ0n) is 9.73. The number of rotatable bonds is 1. The molecule has 0 amide bonds. The molecule has 3 N–H and O–H groups in total. The van der Waals surface area contributed by atoms with Crippen molar-refractivity contribution in [2.24, 2.45) is 0 Å². The van der Waals surface area contributed by atoms with Crippen LogP contribution in [0.2, 0.25) is 0 Å². The minimum Gasteiger partial charge on any atom is -0.506 e. The summed E-state index contributed by atoms with van der Waals surface area (Å²) in [7, 11) is 1.94. The maximum atomic E-state index is 12.1. The van der Waals surface area contributed by atoms with E-state index in [1.807, 2.05) is 11.9 Å². The fourth-order valence-electron chi connectivity index (χ4n) is 1.49. The molecule has 0 unspecified atom stereocenters. The smallest absolute Gasteiger partial charge is 0.132 e. The fourth-order valence-corrected chi connectivity index (χ4v) is 1.49. The van der Waals surface area contributed by atoms with E-state index in [1.165, 1.54) is 22.9 Å². The van der Waals surface area contributed by atoms with Crippen LogP contribution in [-0.2, 0) is 0 Å². The summed E-state index contributed by atoms with van der Waals surface area (Å²) in [5.74, 6) is 0.0551. The van der Waals surface area contributed by atoms with Gasteiger partial charge in [0.05, 0.1) is 12.5 Å². The molecule has 1 fully saturated rings. The molecule has 1 saturated heterocycles. The van der Waals surface area contributed by atoms with Gasteiger partial charge in [0.1, 0.15) is 17.4 Å². The van der Waals surface area contributed by atoms with E-state index in [0.29, 0.717) is 6.54 Å². The van der Waals surface area contributed by atoms with Gasteiger partial charge in [-0.05, 0) is 25.6 Å². The molecule has 0 bridgehead atoms. The third kappa shape index (κ3) is 4.36. The third-order valence-corrected chi connectivity index (χ3v) is 2.43. The van der Waals surface area contributed by atoms with E-state index in [2.05, 4.69) is 0 Å². The molecule has 0 spiro atoms. The fraction of sp³-hybridized carbons (Fsp3) is 0.455. The first kappa shape index (κ1) is 13.4. The minimum absolute atomic E-state index is 0.0551. The number of nitrogens with one attached hydrogen (secondary N) is 2. The molecular weight excluding hydrogens is 223 g/mol. The number of aromatic hydroxyl groups is 1. The molecule has 1 aliphatic rings. The molecule has 1 aromatic heterocycles. The van der Waals surface area contributed by atoms with Crippen LogP contribution in [0.15, 0.2) is 18.3 Å². The van der Waals surface area contributed by atoms with Gasteiger partial charge in [-0.15, -0.1) is 0 Å². The van der Waals surface area contributed by atoms with Crippen molar-refractivity contribution in [3.8, 4) is 5.75 Å². The number of pyridine rings is 1. The lowest BCUT2D eigenvalue weighted by molar-refractivity contribution is 0.321. The third-order valence-electron chi connectivity index (χ3n) is 2.43. The summed E-state index contributed by atoms with van der Waals surface area (Å²) in [6, 6.07) is 2.82. The maximum Gasteiger partial charge on any atom is 0.132 e. The van der Waals surface area contributed by atoms with Gasteiger partial charge in [-0.2, -0.15) is 0 Å². The van der Waals surface area contributed by atoms with Crippen LogP contribution < -0.4 is 5.49 Å². The number of aromatic nitrogens is 1. The van der Waals surface area contributed by atoms with Gasteiger partial charge in [-0.1, -0.05) is 0 Å². The van der Waals surface area contributed by atoms with Crippen molar-refractivity contribution in [2.75, 3.05) is 20.1 Å². The topological polar surface area (TPSA) is 76.1 Å². The van der Waals surface area contributed by atoms with Crippen LogP contribution in [0, 0.1) is 10.8 Å². The highest BCUT2D eigenvalue weighted by Gasteiger charge is 2.17. The van der Waals surface area contributed by atoms with Crippen molar-refractivity contribution in [2.45, 2.75) is 12.6 Å². The summed E-state index contributed by atoms with van der Waals surface area (Å²) in [6.45, 7) is 1.57. The Morgan fingerprint density at radius 1 is 1.53 bits per heavy atom. The van der Waals surface area contributed by atoms with Crippen LogP contribution in [0.3, 0.4) is 0 Å². The first-order chi connectivity index (χ1) is 8.02. The van der Waals surface area contributed by atoms with Crippen molar-refractivity contribution in [3.63, 3.8) is 0 Å². The van der Waals surface area contributed by atoms with Gasteiger partial charge in [0.15, 0.2) is 0 Å². The zero-order chi connectivity index (χ0) is 12.8. The zero-order valence-corrected chi connectivity index (χ0v) is 9.73. The van der Waals surface area contributed by atoms with Crippen LogP contribution in [0.25, 0.3) is 0 Å². The van der Waals surface area contributed by atoms with E-state index in [9.17, 15) is 4.39 Å². The second-order valence-corrected chi connectivity index (χ2v) is 3.96. The molecule has 5 nitrogen and oxygen atoms in total. The molecule has 17 heavy (non-hydrogen) atoms. The Morgan fingerprint density at radius 2 is 2.24 bits per heavy atom. The Balaban J connectivity index is 0.000000181. The van der Waals surface area contributed by atoms with Gasteiger partial charge < -0.3 is 10.0 Å². The average Bonchev–Trinajstić information content (AvgIpc) is 2.67. The quantitative estimate of drug-likeness (QED) is 0.501. The predicted molar refractivity (Wildman–Crippen MR) is 63.1 cm³/mol. The Morgan fingerprint density at radius 3 is 2.59 bits per heavy atom. The summed E-state index contributed by atoms with van der Waals surface area (Å²) in [4.78, 5) is 2.00. The second kappa shape index (κ2) is 6.15.